The van der Waals surface area contributed by atoms with Gasteiger partial charge in [-0.25, -0.2) is 4.98 Å². The van der Waals surface area contributed by atoms with Crippen molar-refractivity contribution in [3.8, 4) is 0 Å². The molecule has 0 aliphatic carbocycles. The molecule has 2 rings (SSSR count). The lowest BCUT2D eigenvalue weighted by Gasteiger charge is -2.10. The summed E-state index contributed by atoms with van der Waals surface area (Å²) in [6.45, 7) is 4.61. The summed E-state index contributed by atoms with van der Waals surface area (Å²) in [5, 5.41) is 3.06. The molecule has 0 saturated heterocycles. The second kappa shape index (κ2) is 5.53. The van der Waals surface area contributed by atoms with Crippen molar-refractivity contribution in [1.82, 2.24) is 4.98 Å². The van der Waals surface area contributed by atoms with Gasteiger partial charge in [-0.05, 0) is 42.7 Å². The lowest BCUT2D eigenvalue weighted by Crippen LogP contribution is -2.08. The Bertz CT molecular complexity index is 589. The summed E-state index contributed by atoms with van der Waals surface area (Å²) in [5.41, 5.74) is 3.17. The molecule has 0 bridgehead atoms. The molecular weight excluding hydrogens is 265 g/mol. The third kappa shape index (κ3) is 3.50. The first-order valence-corrected chi connectivity index (χ1v) is 6.19. The Morgan fingerprint density at radius 3 is 2.35 bits per heavy atom. The van der Waals surface area contributed by atoms with Crippen molar-refractivity contribution in [2.24, 2.45) is 0 Å². The smallest absolute Gasteiger partial charge is 0.380 e. The number of halogens is 3. The SMILES string of the molecule is Cc1ccc(CNc2ccc(C(F)(F)F)nc2)cc1C. The number of benzene rings is 1. The maximum Gasteiger partial charge on any atom is 0.433 e. The Hall–Kier alpha value is -2.04. The van der Waals surface area contributed by atoms with Gasteiger partial charge < -0.3 is 5.32 Å². The Kier molecular flexibility index (Phi) is 3.97. The minimum atomic E-state index is -4.40. The maximum absolute atomic E-state index is 12.4. The zero-order chi connectivity index (χ0) is 14.8. The summed E-state index contributed by atoms with van der Waals surface area (Å²) in [4.78, 5) is 3.41. The molecule has 0 aliphatic heterocycles. The highest BCUT2D eigenvalue weighted by Gasteiger charge is 2.31. The second-order valence-corrected chi connectivity index (χ2v) is 4.70. The molecule has 0 amide bonds. The lowest BCUT2D eigenvalue weighted by atomic mass is 10.1. The first-order chi connectivity index (χ1) is 9.36. The quantitative estimate of drug-likeness (QED) is 0.905. The molecule has 0 radical (unpaired) electrons. The summed E-state index contributed by atoms with van der Waals surface area (Å²) in [6.07, 6.45) is -3.20. The lowest BCUT2D eigenvalue weighted by molar-refractivity contribution is -0.141. The standard InChI is InChI=1S/C15H15F3N2/c1-10-3-4-12(7-11(10)2)8-19-13-5-6-14(20-9-13)15(16,17)18/h3-7,9,19H,8H2,1-2H3. The highest BCUT2D eigenvalue weighted by atomic mass is 19.4. The second-order valence-electron chi connectivity index (χ2n) is 4.70. The van der Waals surface area contributed by atoms with Crippen molar-refractivity contribution in [2.75, 3.05) is 5.32 Å². The van der Waals surface area contributed by atoms with Crippen LogP contribution in [0.15, 0.2) is 36.5 Å². The summed E-state index contributed by atoms with van der Waals surface area (Å²) in [5.74, 6) is 0. The van der Waals surface area contributed by atoms with Crippen LogP contribution in [0.4, 0.5) is 18.9 Å². The van der Waals surface area contributed by atoms with E-state index in [1.807, 2.05) is 26.0 Å². The van der Waals surface area contributed by atoms with Gasteiger partial charge in [0.1, 0.15) is 5.69 Å². The highest BCUT2D eigenvalue weighted by molar-refractivity contribution is 5.42. The molecule has 1 heterocycles. The Balaban J connectivity index is 2.02. The summed E-state index contributed by atoms with van der Waals surface area (Å²) < 4.78 is 37.1. The fourth-order valence-corrected chi connectivity index (χ4v) is 1.78. The number of aryl methyl sites for hydroxylation is 2. The average Bonchev–Trinajstić information content (AvgIpc) is 2.40. The van der Waals surface area contributed by atoms with Gasteiger partial charge in [0.05, 0.1) is 11.9 Å². The highest BCUT2D eigenvalue weighted by Crippen LogP contribution is 2.27. The van der Waals surface area contributed by atoms with Crippen LogP contribution in [0.1, 0.15) is 22.4 Å². The van der Waals surface area contributed by atoms with E-state index >= 15 is 0 Å². The van der Waals surface area contributed by atoms with Crippen molar-refractivity contribution in [1.29, 1.82) is 0 Å². The van der Waals surface area contributed by atoms with Gasteiger partial charge in [-0.3, -0.25) is 0 Å². The van der Waals surface area contributed by atoms with Gasteiger partial charge in [-0.1, -0.05) is 18.2 Å². The monoisotopic (exact) mass is 280 g/mol. The van der Waals surface area contributed by atoms with Gasteiger partial charge >= 0.3 is 6.18 Å². The van der Waals surface area contributed by atoms with Gasteiger partial charge in [-0.15, -0.1) is 0 Å². The molecule has 1 aromatic heterocycles. The van der Waals surface area contributed by atoms with Crippen molar-refractivity contribution < 1.29 is 13.2 Å². The van der Waals surface area contributed by atoms with Gasteiger partial charge in [0.25, 0.3) is 0 Å². The molecule has 1 N–H and O–H groups in total. The van der Waals surface area contributed by atoms with E-state index in [0.29, 0.717) is 12.2 Å². The topological polar surface area (TPSA) is 24.9 Å². The Morgan fingerprint density at radius 2 is 1.80 bits per heavy atom. The van der Waals surface area contributed by atoms with Gasteiger partial charge in [0.2, 0.25) is 0 Å². The van der Waals surface area contributed by atoms with E-state index in [2.05, 4.69) is 16.4 Å². The first-order valence-electron chi connectivity index (χ1n) is 6.19. The van der Waals surface area contributed by atoms with Gasteiger partial charge in [0, 0.05) is 6.54 Å². The molecule has 106 valence electrons. The summed E-state index contributed by atoms with van der Waals surface area (Å²) >= 11 is 0. The van der Waals surface area contributed by atoms with E-state index < -0.39 is 11.9 Å². The van der Waals surface area contributed by atoms with Gasteiger partial charge in [-0.2, -0.15) is 13.2 Å². The van der Waals surface area contributed by atoms with Gasteiger partial charge in [0.15, 0.2) is 0 Å². The van der Waals surface area contributed by atoms with Crippen LogP contribution in [-0.2, 0) is 12.7 Å². The number of pyridine rings is 1. The molecule has 2 nitrogen and oxygen atoms in total. The first kappa shape index (κ1) is 14.4. The number of aromatic nitrogens is 1. The molecule has 0 aliphatic rings. The van der Waals surface area contributed by atoms with Crippen molar-refractivity contribution in [3.05, 3.63) is 58.9 Å². The third-order valence-electron chi connectivity index (χ3n) is 3.12. The molecule has 5 heteroatoms. The number of hydrogen-bond donors (Lipinski definition) is 1. The van der Waals surface area contributed by atoms with E-state index in [-0.39, 0.29) is 0 Å². The minimum absolute atomic E-state index is 0.550. The molecule has 0 unspecified atom stereocenters. The van der Waals surface area contributed by atoms with Crippen LogP contribution in [0.2, 0.25) is 0 Å². The number of nitrogens with one attached hydrogen (secondary N) is 1. The fourth-order valence-electron chi connectivity index (χ4n) is 1.78. The number of hydrogen-bond acceptors (Lipinski definition) is 2. The summed E-state index contributed by atoms with van der Waals surface area (Å²) in [7, 11) is 0. The molecular formula is C15H15F3N2. The predicted octanol–water partition coefficient (Wildman–Crippen LogP) is 4.33. The van der Waals surface area contributed by atoms with Crippen LogP contribution in [0.5, 0.6) is 0 Å². The molecule has 0 fully saturated rings. The van der Waals surface area contributed by atoms with E-state index in [1.165, 1.54) is 23.4 Å². The van der Waals surface area contributed by atoms with Crippen LogP contribution in [0, 0.1) is 13.8 Å². The van der Waals surface area contributed by atoms with Crippen LogP contribution < -0.4 is 5.32 Å². The molecule has 0 spiro atoms. The number of alkyl halides is 3. The molecule has 20 heavy (non-hydrogen) atoms. The van der Waals surface area contributed by atoms with Crippen molar-refractivity contribution in [3.63, 3.8) is 0 Å². The zero-order valence-electron chi connectivity index (χ0n) is 11.3. The van der Waals surface area contributed by atoms with Crippen molar-refractivity contribution >= 4 is 5.69 Å². The predicted molar refractivity (Wildman–Crippen MR) is 72.5 cm³/mol. The molecule has 1 aromatic carbocycles. The van der Waals surface area contributed by atoms with Crippen LogP contribution in [-0.4, -0.2) is 4.98 Å². The van der Waals surface area contributed by atoms with E-state index in [0.717, 1.165) is 11.6 Å². The molecule has 2 aromatic rings. The number of rotatable bonds is 3. The zero-order valence-corrected chi connectivity index (χ0v) is 11.3. The third-order valence-corrected chi connectivity index (χ3v) is 3.12. The number of nitrogens with zero attached hydrogens (tertiary/aromatic N) is 1. The molecule has 0 saturated carbocycles. The molecule has 0 atom stereocenters. The van der Waals surface area contributed by atoms with E-state index in [1.54, 1.807) is 0 Å². The normalized spacial score (nSPS) is 11.4. The van der Waals surface area contributed by atoms with Crippen LogP contribution in [0.25, 0.3) is 0 Å². The fraction of sp³-hybridized carbons (Fsp3) is 0.267. The van der Waals surface area contributed by atoms with Crippen LogP contribution in [0.3, 0.4) is 0 Å². The average molecular weight is 280 g/mol. The maximum atomic E-state index is 12.4. The van der Waals surface area contributed by atoms with E-state index in [9.17, 15) is 13.2 Å². The van der Waals surface area contributed by atoms with Crippen molar-refractivity contribution in [2.45, 2.75) is 26.6 Å². The Morgan fingerprint density at radius 1 is 1.05 bits per heavy atom. The minimum Gasteiger partial charge on any atom is -0.380 e. The van der Waals surface area contributed by atoms with E-state index in [4.69, 9.17) is 0 Å². The number of anilines is 1. The largest absolute Gasteiger partial charge is 0.433 e. The van der Waals surface area contributed by atoms with Crippen LogP contribution >= 0.6 is 0 Å². The Labute approximate surface area is 115 Å². The summed E-state index contributed by atoms with van der Waals surface area (Å²) in [6, 6.07) is 8.43.